The van der Waals surface area contributed by atoms with Crippen molar-refractivity contribution in [3.05, 3.63) is 41.0 Å². The van der Waals surface area contributed by atoms with Crippen LogP contribution in [0.25, 0.3) is 10.2 Å². The Kier molecular flexibility index (Phi) is 6.03. The van der Waals surface area contributed by atoms with Crippen LogP contribution in [0.4, 0.5) is 5.82 Å². The van der Waals surface area contributed by atoms with Crippen LogP contribution in [0.1, 0.15) is 16.9 Å². The quantitative estimate of drug-likeness (QED) is 0.603. The first kappa shape index (κ1) is 20.4. The average Bonchev–Trinajstić information content (AvgIpc) is 3.17. The lowest BCUT2D eigenvalue weighted by molar-refractivity contribution is -0.131. The Balaban J connectivity index is 1.34. The van der Waals surface area contributed by atoms with E-state index >= 15 is 0 Å². The summed E-state index contributed by atoms with van der Waals surface area (Å²) in [7, 11) is 3.24. The smallest absolute Gasteiger partial charge is 0.223 e. The van der Waals surface area contributed by atoms with Crippen LogP contribution in [0.15, 0.2) is 30.6 Å². The molecule has 1 aromatic carbocycles. The highest BCUT2D eigenvalue weighted by atomic mass is 32.1. The molecule has 1 amide bonds. The van der Waals surface area contributed by atoms with Crippen molar-refractivity contribution >= 4 is 33.3 Å². The number of ether oxygens (including phenoxy) is 2. The molecule has 3 heterocycles. The zero-order valence-electron chi connectivity index (χ0n) is 17.6. The second-order valence-corrected chi connectivity index (χ2v) is 8.57. The molecule has 8 heteroatoms. The molecule has 0 atom stereocenters. The number of piperazine rings is 1. The van der Waals surface area contributed by atoms with Gasteiger partial charge in [-0.05, 0) is 37.1 Å². The third kappa shape index (κ3) is 4.18. The first-order chi connectivity index (χ1) is 14.6. The molecular formula is C22H26N4O3S. The minimum atomic E-state index is 0.184. The second kappa shape index (κ2) is 8.87. The van der Waals surface area contributed by atoms with Gasteiger partial charge in [0.1, 0.15) is 17.0 Å². The number of carbonyl (C=O) groups is 1. The molecule has 4 rings (SSSR count). The normalized spacial score (nSPS) is 14.2. The summed E-state index contributed by atoms with van der Waals surface area (Å²) >= 11 is 1.69. The summed E-state index contributed by atoms with van der Waals surface area (Å²) in [6, 6.07) is 7.95. The Morgan fingerprint density at radius 3 is 2.57 bits per heavy atom. The van der Waals surface area contributed by atoms with E-state index in [9.17, 15) is 4.79 Å². The van der Waals surface area contributed by atoms with Gasteiger partial charge < -0.3 is 19.3 Å². The van der Waals surface area contributed by atoms with Gasteiger partial charge in [-0.15, -0.1) is 11.3 Å². The SMILES string of the molecule is COc1ccc(CCC(=O)N2CCN(c3ncnc4sc(C)cc34)CC2)cc1OC. The molecule has 30 heavy (non-hydrogen) atoms. The molecule has 2 aromatic heterocycles. The molecule has 0 aliphatic carbocycles. The van der Waals surface area contributed by atoms with Crippen molar-refractivity contribution in [3.63, 3.8) is 0 Å². The van der Waals surface area contributed by atoms with Gasteiger partial charge >= 0.3 is 0 Å². The van der Waals surface area contributed by atoms with E-state index in [1.807, 2.05) is 23.1 Å². The van der Waals surface area contributed by atoms with Crippen LogP contribution in [-0.2, 0) is 11.2 Å². The molecule has 1 fully saturated rings. The molecule has 1 saturated heterocycles. The minimum Gasteiger partial charge on any atom is -0.493 e. The van der Waals surface area contributed by atoms with Gasteiger partial charge in [-0.25, -0.2) is 9.97 Å². The number of rotatable bonds is 6. The van der Waals surface area contributed by atoms with Crippen molar-refractivity contribution in [1.82, 2.24) is 14.9 Å². The number of hydrogen-bond donors (Lipinski definition) is 0. The molecule has 1 aliphatic heterocycles. The van der Waals surface area contributed by atoms with Crippen molar-refractivity contribution in [1.29, 1.82) is 0 Å². The Bertz CT molecular complexity index is 1040. The van der Waals surface area contributed by atoms with E-state index in [1.165, 1.54) is 4.88 Å². The van der Waals surface area contributed by atoms with E-state index < -0.39 is 0 Å². The molecule has 0 bridgehead atoms. The van der Waals surface area contributed by atoms with E-state index in [0.717, 1.165) is 34.7 Å². The highest BCUT2D eigenvalue weighted by Gasteiger charge is 2.23. The monoisotopic (exact) mass is 426 g/mol. The number of thiophene rings is 1. The highest BCUT2D eigenvalue weighted by molar-refractivity contribution is 7.18. The fraction of sp³-hybridized carbons (Fsp3) is 0.409. The van der Waals surface area contributed by atoms with E-state index in [4.69, 9.17) is 9.47 Å². The average molecular weight is 427 g/mol. The van der Waals surface area contributed by atoms with Crippen LogP contribution in [0.2, 0.25) is 0 Å². The van der Waals surface area contributed by atoms with E-state index in [2.05, 4.69) is 27.9 Å². The van der Waals surface area contributed by atoms with Gasteiger partial charge in [-0.1, -0.05) is 6.07 Å². The molecule has 0 saturated carbocycles. The molecule has 1 aliphatic rings. The second-order valence-electron chi connectivity index (χ2n) is 7.33. The van der Waals surface area contributed by atoms with Gasteiger partial charge in [-0.3, -0.25) is 4.79 Å². The van der Waals surface area contributed by atoms with Crippen molar-refractivity contribution in [2.24, 2.45) is 0 Å². The van der Waals surface area contributed by atoms with Crippen molar-refractivity contribution in [3.8, 4) is 11.5 Å². The number of amides is 1. The van der Waals surface area contributed by atoms with Gasteiger partial charge in [-0.2, -0.15) is 0 Å². The maximum absolute atomic E-state index is 12.7. The van der Waals surface area contributed by atoms with E-state index in [-0.39, 0.29) is 5.91 Å². The molecule has 0 radical (unpaired) electrons. The zero-order valence-corrected chi connectivity index (χ0v) is 18.4. The largest absolute Gasteiger partial charge is 0.493 e. The first-order valence-corrected chi connectivity index (χ1v) is 10.9. The maximum Gasteiger partial charge on any atom is 0.223 e. The highest BCUT2D eigenvalue weighted by Crippen LogP contribution is 2.30. The topological polar surface area (TPSA) is 67.8 Å². The summed E-state index contributed by atoms with van der Waals surface area (Å²) in [5.74, 6) is 2.55. The number of benzene rings is 1. The van der Waals surface area contributed by atoms with Crippen LogP contribution in [-0.4, -0.2) is 61.2 Å². The van der Waals surface area contributed by atoms with Crippen molar-refractivity contribution < 1.29 is 14.3 Å². The lowest BCUT2D eigenvalue weighted by Crippen LogP contribution is -2.49. The van der Waals surface area contributed by atoms with E-state index in [1.54, 1.807) is 31.9 Å². The lowest BCUT2D eigenvalue weighted by Gasteiger charge is -2.35. The fourth-order valence-electron chi connectivity index (χ4n) is 3.83. The van der Waals surface area contributed by atoms with E-state index in [0.29, 0.717) is 37.4 Å². The third-order valence-corrected chi connectivity index (χ3v) is 6.40. The predicted molar refractivity (Wildman–Crippen MR) is 119 cm³/mol. The van der Waals surface area contributed by atoms with Crippen LogP contribution >= 0.6 is 11.3 Å². The van der Waals surface area contributed by atoms with Crippen molar-refractivity contribution in [2.75, 3.05) is 45.3 Å². The molecule has 3 aromatic rings. The summed E-state index contributed by atoms with van der Waals surface area (Å²) in [6.45, 7) is 5.07. The molecule has 0 unspecified atom stereocenters. The first-order valence-electron chi connectivity index (χ1n) is 10.0. The summed E-state index contributed by atoms with van der Waals surface area (Å²) in [4.78, 5) is 28.1. The zero-order chi connectivity index (χ0) is 21.1. The van der Waals surface area contributed by atoms with Gasteiger partial charge in [0.2, 0.25) is 5.91 Å². The predicted octanol–water partition coefficient (Wildman–Crippen LogP) is 3.30. The summed E-state index contributed by atoms with van der Waals surface area (Å²) in [5, 5.41) is 1.10. The third-order valence-electron chi connectivity index (χ3n) is 5.44. The van der Waals surface area contributed by atoms with Gasteiger partial charge in [0, 0.05) is 37.5 Å². The standard InChI is InChI=1S/C22H26N4O3S/c1-15-12-17-21(23-14-24-22(17)30-15)26-10-8-25(9-11-26)20(27)7-5-16-4-6-18(28-2)19(13-16)29-3/h4,6,12-14H,5,7-11H2,1-3H3. The number of methoxy groups -OCH3 is 2. The Morgan fingerprint density at radius 1 is 1.07 bits per heavy atom. The summed E-state index contributed by atoms with van der Waals surface area (Å²) < 4.78 is 10.6. The minimum absolute atomic E-state index is 0.184. The van der Waals surface area contributed by atoms with Gasteiger partial charge in [0.05, 0.1) is 19.6 Å². The lowest BCUT2D eigenvalue weighted by atomic mass is 10.1. The number of nitrogens with zero attached hydrogens (tertiary/aromatic N) is 4. The fourth-order valence-corrected chi connectivity index (χ4v) is 4.67. The molecule has 158 valence electrons. The Hall–Kier alpha value is -2.87. The number of aryl methyl sites for hydroxylation is 2. The number of carbonyl (C=O) groups excluding carboxylic acids is 1. The molecule has 7 nitrogen and oxygen atoms in total. The summed E-state index contributed by atoms with van der Waals surface area (Å²) in [5.41, 5.74) is 1.07. The van der Waals surface area contributed by atoms with Crippen LogP contribution in [0, 0.1) is 6.92 Å². The Labute approximate surface area is 180 Å². The van der Waals surface area contributed by atoms with Crippen molar-refractivity contribution in [2.45, 2.75) is 19.8 Å². The number of fused-ring (bicyclic) bond motifs is 1. The summed E-state index contributed by atoms with van der Waals surface area (Å²) in [6.07, 6.45) is 2.80. The number of aromatic nitrogens is 2. The van der Waals surface area contributed by atoms with Crippen LogP contribution in [0.3, 0.4) is 0 Å². The number of hydrogen-bond acceptors (Lipinski definition) is 7. The van der Waals surface area contributed by atoms with Gasteiger partial charge in [0.25, 0.3) is 0 Å². The molecule has 0 spiro atoms. The van der Waals surface area contributed by atoms with Crippen LogP contribution in [0.5, 0.6) is 11.5 Å². The van der Waals surface area contributed by atoms with Crippen LogP contribution < -0.4 is 14.4 Å². The Morgan fingerprint density at radius 2 is 1.83 bits per heavy atom. The van der Waals surface area contributed by atoms with Gasteiger partial charge in [0.15, 0.2) is 11.5 Å². The maximum atomic E-state index is 12.7. The molecular weight excluding hydrogens is 400 g/mol. The molecule has 0 N–H and O–H groups in total. The number of anilines is 1.